The summed E-state index contributed by atoms with van der Waals surface area (Å²) in [6.07, 6.45) is 3.12. The summed E-state index contributed by atoms with van der Waals surface area (Å²) >= 11 is 5.95. The van der Waals surface area contributed by atoms with Gasteiger partial charge in [-0.1, -0.05) is 18.5 Å². The average Bonchev–Trinajstić information content (AvgIpc) is 2.77. The number of piperidine rings is 1. The molecule has 8 heteroatoms. The average molecular weight is 321 g/mol. The predicted molar refractivity (Wildman–Crippen MR) is 78.2 cm³/mol. The second-order valence-corrected chi connectivity index (χ2v) is 7.34. The third-order valence-corrected chi connectivity index (χ3v) is 6.09. The minimum atomic E-state index is -3.54. The second-order valence-electron chi connectivity index (χ2n) is 5.08. The third kappa shape index (κ3) is 3.16. The van der Waals surface area contributed by atoms with Crippen molar-refractivity contribution in [1.82, 2.24) is 19.4 Å². The zero-order chi connectivity index (χ0) is 14.8. The molecule has 0 atom stereocenters. The van der Waals surface area contributed by atoms with Gasteiger partial charge in [-0.2, -0.15) is 9.40 Å². The summed E-state index contributed by atoms with van der Waals surface area (Å²) in [6, 6.07) is 0. The van der Waals surface area contributed by atoms with Gasteiger partial charge in [0.2, 0.25) is 0 Å². The molecule has 6 nitrogen and oxygen atoms in total. The first-order valence-electron chi connectivity index (χ1n) is 6.85. The SMILES string of the molecule is CCNCC1CCN(S(=O)(=O)c2c(Cl)cnn2C)CC1. The summed E-state index contributed by atoms with van der Waals surface area (Å²) in [6.45, 7) is 5.06. The highest BCUT2D eigenvalue weighted by Gasteiger charge is 2.33. The molecule has 2 heterocycles. The Morgan fingerprint density at radius 1 is 1.45 bits per heavy atom. The maximum Gasteiger partial charge on any atom is 0.261 e. The van der Waals surface area contributed by atoms with Crippen molar-refractivity contribution in [3.63, 3.8) is 0 Å². The maximum atomic E-state index is 12.6. The minimum Gasteiger partial charge on any atom is -0.317 e. The number of rotatable bonds is 5. The van der Waals surface area contributed by atoms with Gasteiger partial charge in [0.05, 0.1) is 11.2 Å². The van der Waals surface area contributed by atoms with Crippen molar-refractivity contribution in [1.29, 1.82) is 0 Å². The predicted octanol–water partition coefficient (Wildman–Crippen LogP) is 1.08. The molecule has 1 aromatic rings. The molecule has 114 valence electrons. The van der Waals surface area contributed by atoms with E-state index in [1.54, 1.807) is 7.05 Å². The van der Waals surface area contributed by atoms with Crippen LogP contribution in [0.25, 0.3) is 0 Å². The molecular formula is C12H21ClN4O2S. The Kier molecular flexibility index (Phi) is 5.06. The summed E-state index contributed by atoms with van der Waals surface area (Å²) in [5.74, 6) is 0.545. The van der Waals surface area contributed by atoms with Crippen molar-refractivity contribution in [3.8, 4) is 0 Å². The molecule has 0 spiro atoms. The largest absolute Gasteiger partial charge is 0.317 e. The molecule has 1 aliphatic rings. The lowest BCUT2D eigenvalue weighted by molar-refractivity contribution is 0.267. The molecular weight excluding hydrogens is 300 g/mol. The molecule has 0 amide bonds. The lowest BCUT2D eigenvalue weighted by Gasteiger charge is -2.31. The summed E-state index contributed by atoms with van der Waals surface area (Å²) in [7, 11) is -1.95. The van der Waals surface area contributed by atoms with Crippen molar-refractivity contribution in [2.45, 2.75) is 24.8 Å². The van der Waals surface area contributed by atoms with Gasteiger partial charge in [0.1, 0.15) is 0 Å². The molecule has 1 saturated heterocycles. The molecule has 1 N–H and O–H groups in total. The Labute approximate surface area is 125 Å². The monoisotopic (exact) mass is 320 g/mol. The van der Waals surface area contributed by atoms with Crippen LogP contribution in [0.1, 0.15) is 19.8 Å². The molecule has 0 bridgehead atoms. The van der Waals surface area contributed by atoms with Crippen LogP contribution in [-0.2, 0) is 17.1 Å². The van der Waals surface area contributed by atoms with Crippen LogP contribution in [0.15, 0.2) is 11.2 Å². The van der Waals surface area contributed by atoms with Crippen molar-refractivity contribution < 1.29 is 8.42 Å². The number of nitrogens with one attached hydrogen (secondary N) is 1. The fourth-order valence-electron chi connectivity index (χ4n) is 2.51. The molecule has 1 fully saturated rings. The molecule has 20 heavy (non-hydrogen) atoms. The van der Waals surface area contributed by atoms with Crippen molar-refractivity contribution in [2.75, 3.05) is 26.2 Å². The van der Waals surface area contributed by atoms with Gasteiger partial charge in [-0.15, -0.1) is 0 Å². The van der Waals surface area contributed by atoms with E-state index in [0.717, 1.165) is 25.9 Å². The molecule has 0 unspecified atom stereocenters. The lowest BCUT2D eigenvalue weighted by atomic mass is 9.98. The zero-order valence-corrected chi connectivity index (χ0v) is 13.4. The van der Waals surface area contributed by atoms with Gasteiger partial charge >= 0.3 is 0 Å². The fraction of sp³-hybridized carbons (Fsp3) is 0.750. The van der Waals surface area contributed by atoms with E-state index < -0.39 is 10.0 Å². The Hall–Kier alpha value is -0.630. The van der Waals surface area contributed by atoms with Crippen LogP contribution in [0.5, 0.6) is 0 Å². The number of hydrogen-bond acceptors (Lipinski definition) is 4. The summed E-state index contributed by atoms with van der Waals surface area (Å²) in [5.41, 5.74) is 0. The van der Waals surface area contributed by atoms with Crippen molar-refractivity contribution >= 4 is 21.6 Å². The second kappa shape index (κ2) is 6.43. The van der Waals surface area contributed by atoms with Crippen LogP contribution in [0.4, 0.5) is 0 Å². The smallest absolute Gasteiger partial charge is 0.261 e. The highest BCUT2D eigenvalue weighted by atomic mass is 35.5. The Morgan fingerprint density at radius 3 is 2.60 bits per heavy atom. The highest BCUT2D eigenvalue weighted by molar-refractivity contribution is 7.89. The molecule has 0 aromatic carbocycles. The van der Waals surface area contributed by atoms with E-state index in [2.05, 4.69) is 17.3 Å². The number of sulfonamides is 1. The standard InChI is InChI=1S/C12H21ClN4O2S/c1-3-14-8-10-4-6-17(7-5-10)20(18,19)12-11(13)9-15-16(12)2/h9-10,14H,3-8H2,1-2H3. The quantitative estimate of drug-likeness (QED) is 0.881. The van der Waals surface area contributed by atoms with Crippen LogP contribution >= 0.6 is 11.6 Å². The number of aromatic nitrogens is 2. The molecule has 0 saturated carbocycles. The van der Waals surface area contributed by atoms with Gasteiger partial charge in [0, 0.05) is 20.1 Å². The maximum absolute atomic E-state index is 12.6. The van der Waals surface area contributed by atoms with E-state index in [1.165, 1.54) is 15.2 Å². The lowest BCUT2D eigenvalue weighted by Crippen LogP contribution is -2.41. The van der Waals surface area contributed by atoms with Crippen molar-refractivity contribution in [2.24, 2.45) is 13.0 Å². The molecule has 1 aromatic heterocycles. The van der Waals surface area contributed by atoms with E-state index in [4.69, 9.17) is 11.6 Å². The third-order valence-electron chi connectivity index (χ3n) is 3.68. The van der Waals surface area contributed by atoms with Crippen LogP contribution < -0.4 is 5.32 Å². The number of nitrogens with zero attached hydrogens (tertiary/aromatic N) is 3. The van der Waals surface area contributed by atoms with Gasteiger partial charge in [0.25, 0.3) is 10.0 Å². The first-order chi connectivity index (χ1) is 9.46. The number of aryl methyl sites for hydroxylation is 1. The van der Waals surface area contributed by atoms with E-state index in [1.807, 2.05) is 0 Å². The van der Waals surface area contributed by atoms with Crippen LogP contribution in [0.2, 0.25) is 5.02 Å². The van der Waals surface area contributed by atoms with E-state index in [-0.39, 0.29) is 10.0 Å². The molecule has 2 rings (SSSR count). The zero-order valence-electron chi connectivity index (χ0n) is 11.8. The highest BCUT2D eigenvalue weighted by Crippen LogP contribution is 2.27. The van der Waals surface area contributed by atoms with Gasteiger partial charge in [-0.25, -0.2) is 8.42 Å². The molecule has 0 aliphatic carbocycles. The first-order valence-corrected chi connectivity index (χ1v) is 8.67. The normalized spacial score (nSPS) is 18.6. The Morgan fingerprint density at radius 2 is 2.10 bits per heavy atom. The summed E-state index contributed by atoms with van der Waals surface area (Å²) < 4.78 is 28.0. The van der Waals surface area contributed by atoms with Crippen LogP contribution in [-0.4, -0.2) is 48.7 Å². The first kappa shape index (κ1) is 15.8. The van der Waals surface area contributed by atoms with Crippen LogP contribution in [0.3, 0.4) is 0 Å². The summed E-state index contributed by atoms with van der Waals surface area (Å²) in [4.78, 5) is 0. The molecule has 1 aliphatic heterocycles. The fourth-order valence-corrected chi connectivity index (χ4v) is 4.59. The topological polar surface area (TPSA) is 67.2 Å². The summed E-state index contributed by atoms with van der Waals surface area (Å²) in [5, 5.41) is 7.49. The van der Waals surface area contributed by atoms with Crippen LogP contribution in [0, 0.1) is 5.92 Å². The molecule has 0 radical (unpaired) electrons. The van der Waals surface area contributed by atoms with E-state index in [0.29, 0.717) is 19.0 Å². The number of halogens is 1. The van der Waals surface area contributed by atoms with E-state index >= 15 is 0 Å². The van der Waals surface area contributed by atoms with Gasteiger partial charge in [-0.3, -0.25) is 4.68 Å². The number of hydrogen-bond donors (Lipinski definition) is 1. The van der Waals surface area contributed by atoms with Crippen molar-refractivity contribution in [3.05, 3.63) is 11.2 Å². The van der Waals surface area contributed by atoms with Gasteiger partial charge < -0.3 is 5.32 Å². The van der Waals surface area contributed by atoms with E-state index in [9.17, 15) is 8.42 Å². The Bertz CT molecular complexity index is 530. The minimum absolute atomic E-state index is 0.0873. The van der Waals surface area contributed by atoms with Gasteiger partial charge in [-0.05, 0) is 31.8 Å². The van der Waals surface area contributed by atoms with Gasteiger partial charge in [0.15, 0.2) is 5.03 Å². The Balaban J connectivity index is 2.06.